The van der Waals surface area contributed by atoms with Gasteiger partial charge in [-0.3, -0.25) is 4.31 Å². The Morgan fingerprint density at radius 2 is 1.46 bits per heavy atom. The predicted octanol–water partition coefficient (Wildman–Crippen LogP) is 4.16. The van der Waals surface area contributed by atoms with Crippen LogP contribution in [0.2, 0.25) is 0 Å². The summed E-state index contributed by atoms with van der Waals surface area (Å²) in [6, 6.07) is 17.2. The maximum atomic E-state index is 13.3. The summed E-state index contributed by atoms with van der Waals surface area (Å²) in [7, 11) is -0.610. The third-order valence-corrected chi connectivity index (χ3v) is 6.54. The molecule has 0 unspecified atom stereocenters. The summed E-state index contributed by atoms with van der Waals surface area (Å²) in [6.45, 7) is 0.262. The zero-order valence-electron chi connectivity index (χ0n) is 14.5. The average Bonchev–Trinajstić information content (AvgIpc) is 3.19. The summed E-state index contributed by atoms with van der Waals surface area (Å²) in [5.41, 5.74) is 0.579. The van der Waals surface area contributed by atoms with E-state index < -0.39 is 10.0 Å². The van der Waals surface area contributed by atoms with E-state index in [0.717, 1.165) is 4.88 Å². The number of nitrogens with zero attached hydrogens (tertiary/aromatic N) is 1. The van der Waals surface area contributed by atoms with E-state index in [0.29, 0.717) is 17.2 Å². The number of sulfonamides is 1. The lowest BCUT2D eigenvalue weighted by molar-refractivity contribution is 0.414. The minimum absolute atomic E-state index is 0.214. The van der Waals surface area contributed by atoms with Crippen molar-refractivity contribution in [3.63, 3.8) is 0 Å². The lowest BCUT2D eigenvalue weighted by Crippen LogP contribution is -2.30. The Bertz CT molecular complexity index is 934. The molecule has 0 bridgehead atoms. The van der Waals surface area contributed by atoms with Gasteiger partial charge in [-0.1, -0.05) is 6.07 Å². The zero-order valence-corrected chi connectivity index (χ0v) is 16.1. The Kier molecular flexibility index (Phi) is 5.49. The molecule has 0 N–H and O–H groups in total. The van der Waals surface area contributed by atoms with Gasteiger partial charge in [-0.25, -0.2) is 8.42 Å². The summed E-state index contributed by atoms with van der Waals surface area (Å²) >= 11 is 1.52. The molecular formula is C19H19NO4S2. The van der Waals surface area contributed by atoms with Crippen LogP contribution < -0.4 is 13.8 Å². The molecule has 0 radical (unpaired) electrons. The largest absolute Gasteiger partial charge is 0.497 e. The molecular weight excluding hydrogens is 370 g/mol. The van der Waals surface area contributed by atoms with Crippen molar-refractivity contribution in [3.05, 3.63) is 70.9 Å². The van der Waals surface area contributed by atoms with E-state index in [1.807, 2.05) is 17.5 Å². The third kappa shape index (κ3) is 3.84. The fraction of sp³-hybridized carbons (Fsp3) is 0.158. The molecule has 0 saturated carbocycles. The smallest absolute Gasteiger partial charge is 0.264 e. The second kappa shape index (κ2) is 7.80. The fourth-order valence-electron chi connectivity index (χ4n) is 2.48. The highest BCUT2D eigenvalue weighted by molar-refractivity contribution is 7.92. The average molecular weight is 389 g/mol. The van der Waals surface area contributed by atoms with Gasteiger partial charge in [-0.15, -0.1) is 11.3 Å². The number of anilines is 1. The van der Waals surface area contributed by atoms with E-state index in [1.54, 1.807) is 62.8 Å². The standard InChI is InChI=1S/C19H19NO4S2/c1-23-16-7-5-15(6-8-16)20(14-18-4-3-13-25-18)26(21,22)19-11-9-17(24-2)10-12-19/h3-13H,14H2,1-2H3. The van der Waals surface area contributed by atoms with Gasteiger partial charge in [0, 0.05) is 4.88 Å². The zero-order chi connectivity index (χ0) is 18.6. The Balaban J connectivity index is 2.02. The first-order valence-corrected chi connectivity index (χ1v) is 10.2. The number of benzene rings is 2. The van der Waals surface area contributed by atoms with E-state index in [2.05, 4.69) is 0 Å². The van der Waals surface area contributed by atoms with Crippen LogP contribution in [0.1, 0.15) is 4.88 Å². The van der Waals surface area contributed by atoms with Crippen LogP contribution in [0.3, 0.4) is 0 Å². The van der Waals surface area contributed by atoms with Gasteiger partial charge in [0.05, 0.1) is 31.3 Å². The fourth-order valence-corrected chi connectivity index (χ4v) is 4.70. The van der Waals surface area contributed by atoms with Gasteiger partial charge in [0.15, 0.2) is 0 Å². The van der Waals surface area contributed by atoms with Crippen LogP contribution in [0.15, 0.2) is 70.9 Å². The molecule has 1 heterocycles. The lowest BCUT2D eigenvalue weighted by Gasteiger charge is -2.24. The van der Waals surface area contributed by atoms with Crippen LogP contribution in [0.4, 0.5) is 5.69 Å². The Labute approximate surface area is 157 Å². The third-order valence-electron chi connectivity index (χ3n) is 3.89. The molecule has 0 aliphatic rings. The molecule has 0 fully saturated rings. The van der Waals surface area contributed by atoms with Gasteiger partial charge >= 0.3 is 0 Å². The Morgan fingerprint density at radius 3 is 1.96 bits per heavy atom. The Hall–Kier alpha value is -2.51. The summed E-state index contributed by atoms with van der Waals surface area (Å²) in [5.74, 6) is 1.28. The maximum Gasteiger partial charge on any atom is 0.264 e. The normalized spacial score (nSPS) is 11.2. The lowest BCUT2D eigenvalue weighted by atomic mass is 10.3. The molecule has 3 aromatic rings. The molecule has 0 saturated heterocycles. The second-order valence-electron chi connectivity index (χ2n) is 5.46. The molecule has 0 aliphatic carbocycles. The molecule has 136 valence electrons. The number of hydrogen-bond donors (Lipinski definition) is 0. The molecule has 0 spiro atoms. The maximum absolute atomic E-state index is 13.3. The quantitative estimate of drug-likeness (QED) is 0.609. The van der Waals surface area contributed by atoms with E-state index in [9.17, 15) is 8.42 Å². The molecule has 3 rings (SSSR count). The summed E-state index contributed by atoms with van der Waals surface area (Å²) in [5, 5.41) is 1.93. The summed E-state index contributed by atoms with van der Waals surface area (Å²) in [6.07, 6.45) is 0. The summed E-state index contributed by atoms with van der Waals surface area (Å²) < 4.78 is 38.2. The van der Waals surface area contributed by atoms with Crippen LogP contribution >= 0.6 is 11.3 Å². The van der Waals surface area contributed by atoms with Gasteiger partial charge in [0.2, 0.25) is 0 Å². The van der Waals surface area contributed by atoms with E-state index in [-0.39, 0.29) is 11.4 Å². The van der Waals surface area contributed by atoms with E-state index in [1.165, 1.54) is 15.6 Å². The van der Waals surface area contributed by atoms with Gasteiger partial charge in [-0.05, 0) is 60.0 Å². The first-order chi connectivity index (χ1) is 12.5. The van der Waals surface area contributed by atoms with Crippen molar-refractivity contribution < 1.29 is 17.9 Å². The molecule has 1 aromatic heterocycles. The first-order valence-electron chi connectivity index (χ1n) is 7.88. The molecule has 0 amide bonds. The number of ether oxygens (including phenoxy) is 2. The SMILES string of the molecule is COc1ccc(N(Cc2cccs2)S(=O)(=O)c2ccc(OC)cc2)cc1. The highest BCUT2D eigenvalue weighted by Crippen LogP contribution is 2.29. The van der Waals surface area contributed by atoms with Crippen molar-refractivity contribution in [2.45, 2.75) is 11.4 Å². The molecule has 0 atom stereocenters. The van der Waals surface area contributed by atoms with Crippen molar-refractivity contribution in [2.24, 2.45) is 0 Å². The van der Waals surface area contributed by atoms with Crippen molar-refractivity contribution in [1.29, 1.82) is 0 Å². The van der Waals surface area contributed by atoms with Crippen molar-refractivity contribution >= 4 is 27.0 Å². The minimum atomic E-state index is -3.73. The van der Waals surface area contributed by atoms with Gasteiger partial charge in [0.1, 0.15) is 11.5 Å². The molecule has 2 aromatic carbocycles. The van der Waals surface area contributed by atoms with Crippen molar-refractivity contribution in [1.82, 2.24) is 0 Å². The first kappa shape index (κ1) is 18.3. The number of hydrogen-bond acceptors (Lipinski definition) is 5. The van der Waals surface area contributed by atoms with E-state index >= 15 is 0 Å². The number of rotatable bonds is 7. The van der Waals surface area contributed by atoms with Crippen LogP contribution in [0, 0.1) is 0 Å². The van der Waals surface area contributed by atoms with Crippen LogP contribution in [-0.4, -0.2) is 22.6 Å². The molecule has 26 heavy (non-hydrogen) atoms. The minimum Gasteiger partial charge on any atom is -0.497 e. The van der Waals surface area contributed by atoms with Gasteiger partial charge in [0.25, 0.3) is 10.0 Å². The monoisotopic (exact) mass is 389 g/mol. The summed E-state index contributed by atoms with van der Waals surface area (Å²) in [4.78, 5) is 1.17. The predicted molar refractivity (Wildman–Crippen MR) is 104 cm³/mol. The van der Waals surface area contributed by atoms with Crippen molar-refractivity contribution in [2.75, 3.05) is 18.5 Å². The van der Waals surface area contributed by atoms with Crippen LogP contribution in [-0.2, 0) is 16.6 Å². The molecule has 5 nitrogen and oxygen atoms in total. The topological polar surface area (TPSA) is 55.8 Å². The molecule has 7 heteroatoms. The number of thiophene rings is 1. The highest BCUT2D eigenvalue weighted by Gasteiger charge is 2.25. The van der Waals surface area contributed by atoms with Crippen LogP contribution in [0.5, 0.6) is 11.5 Å². The number of methoxy groups -OCH3 is 2. The second-order valence-corrected chi connectivity index (χ2v) is 8.36. The van der Waals surface area contributed by atoms with E-state index in [4.69, 9.17) is 9.47 Å². The molecule has 0 aliphatic heterocycles. The van der Waals surface area contributed by atoms with Gasteiger partial charge < -0.3 is 9.47 Å². The Morgan fingerprint density at radius 1 is 0.885 bits per heavy atom. The van der Waals surface area contributed by atoms with Crippen LogP contribution in [0.25, 0.3) is 0 Å². The van der Waals surface area contributed by atoms with Crippen molar-refractivity contribution in [3.8, 4) is 11.5 Å². The highest BCUT2D eigenvalue weighted by atomic mass is 32.2. The van der Waals surface area contributed by atoms with Gasteiger partial charge in [-0.2, -0.15) is 0 Å².